The molecule has 1 aliphatic carbocycles. The number of ether oxygens (including phenoxy) is 1. The fourth-order valence-electron chi connectivity index (χ4n) is 2.41. The highest BCUT2D eigenvalue weighted by Crippen LogP contribution is 2.29. The van der Waals surface area contributed by atoms with Crippen LogP contribution < -0.4 is 10.1 Å². The molecule has 3 nitrogen and oxygen atoms in total. The zero-order valence-electron chi connectivity index (χ0n) is 13.0. The van der Waals surface area contributed by atoms with E-state index in [1.165, 1.54) is 18.4 Å². The molecular formula is C18H19ClN2OS. The van der Waals surface area contributed by atoms with Gasteiger partial charge in [-0.05, 0) is 67.0 Å². The van der Waals surface area contributed by atoms with E-state index in [1.807, 2.05) is 36.4 Å². The highest BCUT2D eigenvalue weighted by molar-refractivity contribution is 7.80. The maximum absolute atomic E-state index is 5.92. The first-order valence-corrected chi connectivity index (χ1v) is 8.40. The molecule has 0 radical (unpaired) electrons. The van der Waals surface area contributed by atoms with Crippen LogP contribution in [0.2, 0.25) is 5.02 Å². The van der Waals surface area contributed by atoms with Crippen LogP contribution in [-0.4, -0.2) is 23.2 Å². The molecule has 0 spiro atoms. The number of methoxy groups -OCH3 is 1. The molecule has 0 bridgehead atoms. The van der Waals surface area contributed by atoms with Gasteiger partial charge in [0.05, 0.1) is 7.11 Å². The van der Waals surface area contributed by atoms with Gasteiger partial charge in [0.2, 0.25) is 0 Å². The molecule has 1 aliphatic rings. The van der Waals surface area contributed by atoms with Gasteiger partial charge < -0.3 is 15.0 Å². The van der Waals surface area contributed by atoms with Gasteiger partial charge in [0.1, 0.15) is 5.75 Å². The first-order valence-electron chi connectivity index (χ1n) is 7.62. The summed E-state index contributed by atoms with van der Waals surface area (Å²) in [5.74, 6) is 0.869. The smallest absolute Gasteiger partial charge is 0.173 e. The molecule has 1 saturated carbocycles. The van der Waals surface area contributed by atoms with E-state index in [9.17, 15) is 0 Å². The first kappa shape index (κ1) is 16.1. The highest BCUT2D eigenvalue weighted by atomic mass is 35.5. The summed E-state index contributed by atoms with van der Waals surface area (Å²) in [6.45, 7) is 0.800. The molecule has 0 aromatic heterocycles. The van der Waals surface area contributed by atoms with Gasteiger partial charge in [-0.25, -0.2) is 0 Å². The van der Waals surface area contributed by atoms with Crippen molar-refractivity contribution >= 4 is 34.6 Å². The predicted molar refractivity (Wildman–Crippen MR) is 99.2 cm³/mol. The van der Waals surface area contributed by atoms with Crippen molar-refractivity contribution in [2.75, 3.05) is 12.4 Å². The van der Waals surface area contributed by atoms with E-state index in [0.717, 1.165) is 28.1 Å². The van der Waals surface area contributed by atoms with Gasteiger partial charge in [0.25, 0.3) is 0 Å². The average molecular weight is 347 g/mol. The van der Waals surface area contributed by atoms with E-state index in [0.29, 0.717) is 6.04 Å². The topological polar surface area (TPSA) is 24.5 Å². The third kappa shape index (κ3) is 4.36. The third-order valence-electron chi connectivity index (χ3n) is 3.86. The van der Waals surface area contributed by atoms with E-state index in [2.05, 4.69) is 22.3 Å². The molecule has 1 fully saturated rings. The minimum absolute atomic E-state index is 0.532. The summed E-state index contributed by atoms with van der Waals surface area (Å²) in [4.78, 5) is 2.26. The van der Waals surface area contributed by atoms with Gasteiger partial charge in [-0.1, -0.05) is 23.7 Å². The lowest BCUT2D eigenvalue weighted by Gasteiger charge is -2.26. The summed E-state index contributed by atoms with van der Waals surface area (Å²) in [6.07, 6.45) is 2.39. The number of rotatable bonds is 5. The molecule has 0 amide bonds. The van der Waals surface area contributed by atoms with Crippen LogP contribution in [0.4, 0.5) is 5.69 Å². The maximum atomic E-state index is 5.92. The number of hydrogen-bond acceptors (Lipinski definition) is 2. The number of thiocarbonyl (C=S) groups is 1. The van der Waals surface area contributed by atoms with Gasteiger partial charge in [-0.3, -0.25) is 0 Å². The number of hydrogen-bond donors (Lipinski definition) is 1. The van der Waals surface area contributed by atoms with Gasteiger partial charge >= 0.3 is 0 Å². The van der Waals surface area contributed by atoms with Crippen molar-refractivity contribution in [2.24, 2.45) is 0 Å². The number of anilines is 1. The highest BCUT2D eigenvalue weighted by Gasteiger charge is 2.30. The Bertz CT molecular complexity index is 668. The third-order valence-corrected chi connectivity index (χ3v) is 4.44. The molecule has 0 saturated heterocycles. The van der Waals surface area contributed by atoms with Crippen molar-refractivity contribution in [3.8, 4) is 5.75 Å². The molecule has 1 N–H and O–H groups in total. The second-order valence-corrected chi connectivity index (χ2v) is 6.47. The van der Waals surface area contributed by atoms with E-state index in [4.69, 9.17) is 28.6 Å². The zero-order valence-corrected chi connectivity index (χ0v) is 14.5. The van der Waals surface area contributed by atoms with Crippen LogP contribution in [0.1, 0.15) is 18.4 Å². The van der Waals surface area contributed by atoms with Crippen LogP contribution in [0.3, 0.4) is 0 Å². The number of nitrogens with zero attached hydrogens (tertiary/aromatic N) is 1. The SMILES string of the molecule is COc1ccc(CN(C(=S)Nc2ccc(Cl)cc2)C2CC2)cc1. The quantitative estimate of drug-likeness (QED) is 0.792. The Morgan fingerprint density at radius 3 is 2.39 bits per heavy atom. The standard InChI is InChI=1S/C18H19ClN2OS/c1-22-17-10-2-13(3-11-17)12-21(16-8-9-16)18(23)20-15-6-4-14(19)5-7-15/h2-7,10-11,16H,8-9,12H2,1H3,(H,20,23). The molecule has 0 aliphatic heterocycles. The summed E-state index contributed by atoms with van der Waals surface area (Å²) in [7, 11) is 1.68. The van der Waals surface area contributed by atoms with E-state index in [1.54, 1.807) is 7.11 Å². The predicted octanol–water partition coefficient (Wildman–Crippen LogP) is 4.71. The largest absolute Gasteiger partial charge is 0.497 e. The summed E-state index contributed by atoms with van der Waals surface area (Å²) < 4.78 is 5.21. The fraction of sp³-hybridized carbons (Fsp3) is 0.278. The van der Waals surface area contributed by atoms with Gasteiger partial charge in [0.15, 0.2) is 5.11 Å². The van der Waals surface area contributed by atoms with Gasteiger partial charge in [-0.2, -0.15) is 0 Å². The van der Waals surface area contributed by atoms with Crippen LogP contribution in [0.5, 0.6) is 5.75 Å². The molecule has 5 heteroatoms. The van der Waals surface area contributed by atoms with Crippen molar-refractivity contribution in [3.63, 3.8) is 0 Å². The van der Waals surface area contributed by atoms with Crippen molar-refractivity contribution in [2.45, 2.75) is 25.4 Å². The summed E-state index contributed by atoms with van der Waals surface area (Å²) in [6, 6.07) is 16.3. The lowest BCUT2D eigenvalue weighted by molar-refractivity contribution is 0.405. The normalized spacial score (nSPS) is 13.5. The molecule has 120 valence electrons. The fourth-order valence-corrected chi connectivity index (χ4v) is 2.87. The minimum Gasteiger partial charge on any atom is -0.497 e. The van der Waals surface area contributed by atoms with Crippen LogP contribution >= 0.6 is 23.8 Å². The van der Waals surface area contributed by atoms with Gasteiger partial charge in [-0.15, -0.1) is 0 Å². The number of nitrogens with one attached hydrogen (secondary N) is 1. The minimum atomic E-state index is 0.532. The molecule has 0 heterocycles. The Balaban J connectivity index is 1.67. The molecular weight excluding hydrogens is 328 g/mol. The average Bonchev–Trinajstić information content (AvgIpc) is 3.40. The number of benzene rings is 2. The Hall–Kier alpha value is -1.78. The number of halogens is 1. The van der Waals surface area contributed by atoms with Crippen molar-refractivity contribution in [1.82, 2.24) is 4.90 Å². The Morgan fingerprint density at radius 2 is 1.83 bits per heavy atom. The van der Waals surface area contributed by atoms with Crippen LogP contribution in [0.25, 0.3) is 0 Å². The lowest BCUT2D eigenvalue weighted by atomic mass is 10.2. The monoisotopic (exact) mass is 346 g/mol. The lowest BCUT2D eigenvalue weighted by Crippen LogP contribution is -2.36. The van der Waals surface area contributed by atoms with E-state index in [-0.39, 0.29) is 0 Å². The Labute approximate surface area is 147 Å². The van der Waals surface area contributed by atoms with Crippen LogP contribution in [0, 0.1) is 0 Å². The molecule has 2 aromatic carbocycles. The van der Waals surface area contributed by atoms with E-state index < -0.39 is 0 Å². The molecule has 23 heavy (non-hydrogen) atoms. The molecule has 2 aromatic rings. The Kier molecular flexibility index (Phi) is 5.03. The molecule has 3 rings (SSSR count). The van der Waals surface area contributed by atoms with Crippen molar-refractivity contribution in [3.05, 3.63) is 59.1 Å². The second-order valence-electron chi connectivity index (χ2n) is 5.64. The summed E-state index contributed by atoms with van der Waals surface area (Å²) in [5.41, 5.74) is 2.18. The van der Waals surface area contributed by atoms with Crippen LogP contribution in [-0.2, 0) is 6.54 Å². The summed E-state index contributed by atoms with van der Waals surface area (Å²) in [5, 5.41) is 4.78. The van der Waals surface area contributed by atoms with Gasteiger partial charge in [0, 0.05) is 23.3 Å². The maximum Gasteiger partial charge on any atom is 0.173 e. The molecule has 0 unspecified atom stereocenters. The Morgan fingerprint density at radius 1 is 1.17 bits per heavy atom. The van der Waals surface area contributed by atoms with Crippen molar-refractivity contribution in [1.29, 1.82) is 0 Å². The zero-order chi connectivity index (χ0) is 16.2. The second kappa shape index (κ2) is 7.20. The van der Waals surface area contributed by atoms with E-state index >= 15 is 0 Å². The van der Waals surface area contributed by atoms with Crippen molar-refractivity contribution < 1.29 is 4.74 Å². The summed E-state index contributed by atoms with van der Waals surface area (Å²) >= 11 is 11.5. The van der Waals surface area contributed by atoms with Crippen LogP contribution in [0.15, 0.2) is 48.5 Å². The first-order chi connectivity index (χ1) is 11.2. The molecule has 0 atom stereocenters.